The number of hydrogen-bond acceptors (Lipinski definition) is 4. The number of ketones is 1. The summed E-state index contributed by atoms with van der Waals surface area (Å²) in [4.78, 5) is 12.0. The number of benzene rings is 1. The van der Waals surface area contributed by atoms with E-state index in [1.807, 2.05) is 6.07 Å². The average Bonchev–Trinajstić information content (AvgIpc) is 2.86. The summed E-state index contributed by atoms with van der Waals surface area (Å²) in [5.41, 5.74) is 1.94. The molecule has 130 valence electrons. The first kappa shape index (κ1) is 16.1. The summed E-state index contributed by atoms with van der Waals surface area (Å²) in [6.45, 7) is 0. The second-order valence-electron chi connectivity index (χ2n) is 7.40. The Labute approximate surface area is 141 Å². The third kappa shape index (κ3) is 2.65. The summed E-state index contributed by atoms with van der Waals surface area (Å²) in [5, 5.41) is 0. The lowest BCUT2D eigenvalue weighted by Crippen LogP contribution is -2.41. The molecule has 24 heavy (non-hydrogen) atoms. The van der Waals surface area contributed by atoms with Gasteiger partial charge >= 0.3 is 10.1 Å². The fourth-order valence-electron chi connectivity index (χ4n) is 5.17. The van der Waals surface area contributed by atoms with Crippen molar-refractivity contribution >= 4 is 15.9 Å². The van der Waals surface area contributed by atoms with E-state index in [0.29, 0.717) is 18.8 Å². The fourth-order valence-corrected chi connectivity index (χ4v) is 5.62. The number of aryl methyl sites for hydroxylation is 1. The number of alkyl halides is 1. The van der Waals surface area contributed by atoms with Crippen molar-refractivity contribution < 1.29 is 21.8 Å². The molecular weight excluding hydrogens is 331 g/mol. The maximum Gasteiger partial charge on any atom is 0.306 e. The third-order valence-corrected chi connectivity index (χ3v) is 6.50. The highest BCUT2D eigenvalue weighted by Crippen LogP contribution is 2.55. The second-order valence-corrected chi connectivity index (χ2v) is 8.98. The van der Waals surface area contributed by atoms with Gasteiger partial charge in [0.25, 0.3) is 0 Å². The molecule has 0 amide bonds. The van der Waals surface area contributed by atoms with Crippen molar-refractivity contribution in [1.29, 1.82) is 0 Å². The Morgan fingerprint density at radius 3 is 2.67 bits per heavy atom. The number of carbonyl (C=O) groups excluding carboxylic acids is 1. The Morgan fingerprint density at radius 1 is 1.17 bits per heavy atom. The molecule has 2 saturated carbocycles. The van der Waals surface area contributed by atoms with Crippen LogP contribution in [0.3, 0.4) is 0 Å². The van der Waals surface area contributed by atoms with Crippen LogP contribution in [0, 0.1) is 17.8 Å². The predicted molar refractivity (Wildman–Crippen MR) is 87.2 cm³/mol. The van der Waals surface area contributed by atoms with E-state index in [-0.39, 0.29) is 29.3 Å². The van der Waals surface area contributed by atoms with Crippen LogP contribution in [0.25, 0.3) is 0 Å². The molecular formula is C18H21FO4S. The van der Waals surface area contributed by atoms with E-state index in [9.17, 15) is 17.6 Å². The smallest absolute Gasteiger partial charge is 0.306 e. The molecule has 1 aromatic carbocycles. The van der Waals surface area contributed by atoms with Gasteiger partial charge in [-0.2, -0.15) is 8.42 Å². The number of fused-ring (bicyclic) bond motifs is 5. The average molecular weight is 352 g/mol. The second kappa shape index (κ2) is 5.55. The fraction of sp³-hybridized carbons (Fsp3) is 0.611. The van der Waals surface area contributed by atoms with Crippen molar-refractivity contribution in [2.45, 2.75) is 44.2 Å². The van der Waals surface area contributed by atoms with Crippen molar-refractivity contribution in [3.05, 3.63) is 29.3 Å². The lowest BCUT2D eigenvalue weighted by molar-refractivity contribution is -0.123. The number of hydrogen-bond donors (Lipinski definition) is 0. The summed E-state index contributed by atoms with van der Waals surface area (Å²) in [6.07, 6.45) is 3.47. The zero-order valence-electron chi connectivity index (χ0n) is 13.6. The van der Waals surface area contributed by atoms with Crippen LogP contribution in [0.4, 0.5) is 4.39 Å². The van der Waals surface area contributed by atoms with E-state index in [2.05, 4.69) is 0 Å². The van der Waals surface area contributed by atoms with Crippen molar-refractivity contribution in [2.24, 2.45) is 17.8 Å². The Morgan fingerprint density at radius 2 is 1.92 bits per heavy atom. The Hall–Kier alpha value is -1.43. The number of Topliss-reactive ketones (excluding diaryl/α,β-unsaturated/α-hetero) is 1. The topological polar surface area (TPSA) is 60.4 Å². The molecule has 0 bridgehead atoms. The first-order valence-corrected chi connectivity index (χ1v) is 10.3. The lowest BCUT2D eigenvalue weighted by atomic mass is 9.60. The molecule has 3 aliphatic carbocycles. The SMILES string of the molecule is CS(=O)(=O)Oc1ccc2c(c1)CC[C@H]1[C@@H]3CCC(=O)[C@H]3C[C@H](F)[C@H]21. The normalized spacial score (nSPS) is 35.1. The zero-order chi connectivity index (χ0) is 17.1. The third-order valence-electron chi connectivity index (χ3n) is 6.00. The number of carbonyl (C=O) groups is 1. The molecule has 4 rings (SSSR count). The number of halogens is 1. The molecule has 1 aromatic rings. The van der Waals surface area contributed by atoms with Crippen molar-refractivity contribution in [2.75, 3.05) is 6.26 Å². The largest absolute Gasteiger partial charge is 0.383 e. The summed E-state index contributed by atoms with van der Waals surface area (Å²) in [6, 6.07) is 5.16. The van der Waals surface area contributed by atoms with Crippen LogP contribution in [0.15, 0.2) is 18.2 Å². The van der Waals surface area contributed by atoms with Gasteiger partial charge in [0.15, 0.2) is 0 Å². The number of rotatable bonds is 2. The highest BCUT2D eigenvalue weighted by atomic mass is 32.2. The highest BCUT2D eigenvalue weighted by molar-refractivity contribution is 7.86. The van der Waals surface area contributed by atoms with Gasteiger partial charge < -0.3 is 4.18 Å². The maximum absolute atomic E-state index is 14.9. The molecule has 0 saturated heterocycles. The molecule has 0 spiro atoms. The summed E-state index contributed by atoms with van der Waals surface area (Å²) in [7, 11) is -3.57. The molecule has 0 N–H and O–H groups in total. The summed E-state index contributed by atoms with van der Waals surface area (Å²) >= 11 is 0. The van der Waals surface area contributed by atoms with Crippen molar-refractivity contribution in [3.8, 4) is 5.75 Å². The Kier molecular flexibility index (Phi) is 3.71. The lowest BCUT2D eigenvalue weighted by Gasteiger charge is -2.45. The van der Waals surface area contributed by atoms with Crippen LogP contribution in [-0.4, -0.2) is 26.6 Å². The van der Waals surface area contributed by atoms with Gasteiger partial charge in [-0.3, -0.25) is 4.79 Å². The summed E-state index contributed by atoms with van der Waals surface area (Å²) in [5.74, 6) is 0.802. The molecule has 0 unspecified atom stereocenters. The van der Waals surface area contributed by atoms with Crippen LogP contribution < -0.4 is 4.18 Å². The van der Waals surface area contributed by atoms with Crippen LogP contribution in [-0.2, 0) is 21.3 Å². The summed E-state index contributed by atoms with van der Waals surface area (Å²) < 4.78 is 42.4. The van der Waals surface area contributed by atoms with Crippen LogP contribution in [0.5, 0.6) is 5.75 Å². The van der Waals surface area contributed by atoms with Gasteiger partial charge in [0, 0.05) is 18.3 Å². The molecule has 0 heterocycles. The van der Waals surface area contributed by atoms with Gasteiger partial charge in [-0.25, -0.2) is 4.39 Å². The highest BCUT2D eigenvalue weighted by Gasteiger charge is 2.51. The molecule has 0 radical (unpaired) electrons. The van der Waals surface area contributed by atoms with E-state index in [4.69, 9.17) is 4.18 Å². The minimum Gasteiger partial charge on any atom is -0.383 e. The monoisotopic (exact) mass is 352 g/mol. The van der Waals surface area contributed by atoms with E-state index < -0.39 is 16.3 Å². The van der Waals surface area contributed by atoms with Gasteiger partial charge in [-0.1, -0.05) is 6.07 Å². The first-order valence-electron chi connectivity index (χ1n) is 8.52. The minimum absolute atomic E-state index is 0.0874. The van der Waals surface area contributed by atoms with E-state index in [1.54, 1.807) is 12.1 Å². The van der Waals surface area contributed by atoms with E-state index in [1.165, 1.54) is 0 Å². The molecule has 6 heteroatoms. The minimum atomic E-state index is -3.57. The van der Waals surface area contributed by atoms with E-state index in [0.717, 1.165) is 36.6 Å². The quantitative estimate of drug-likeness (QED) is 0.768. The van der Waals surface area contributed by atoms with E-state index >= 15 is 0 Å². The van der Waals surface area contributed by atoms with Gasteiger partial charge in [0.05, 0.1) is 6.26 Å². The van der Waals surface area contributed by atoms with Gasteiger partial charge in [-0.15, -0.1) is 0 Å². The van der Waals surface area contributed by atoms with Crippen molar-refractivity contribution in [1.82, 2.24) is 0 Å². The first-order chi connectivity index (χ1) is 11.3. The van der Waals surface area contributed by atoms with Crippen LogP contribution in [0.1, 0.15) is 42.7 Å². The molecule has 3 aliphatic rings. The predicted octanol–water partition coefficient (Wildman–Crippen LogP) is 3.01. The zero-order valence-corrected chi connectivity index (χ0v) is 14.4. The molecule has 0 aromatic heterocycles. The molecule has 4 nitrogen and oxygen atoms in total. The van der Waals surface area contributed by atoms with Crippen LogP contribution in [0.2, 0.25) is 0 Å². The molecule has 5 atom stereocenters. The van der Waals surface area contributed by atoms with Gasteiger partial charge in [-0.05, 0) is 60.8 Å². The molecule has 0 aliphatic heterocycles. The van der Waals surface area contributed by atoms with Gasteiger partial charge in [0.2, 0.25) is 0 Å². The standard InChI is InChI=1S/C18H21FO4S/c1-24(21,22)23-11-3-5-12-10(8-11)2-4-14-13-6-7-17(20)15(13)9-16(19)18(12)14/h3,5,8,13-16,18H,2,4,6-7,9H2,1H3/t13-,14-,15-,16-,18+/m0/s1. The Bertz CT molecular complexity index is 788. The maximum atomic E-state index is 14.9. The van der Waals surface area contributed by atoms with Crippen LogP contribution >= 0.6 is 0 Å². The van der Waals surface area contributed by atoms with Crippen molar-refractivity contribution in [3.63, 3.8) is 0 Å². The Balaban J connectivity index is 1.67. The van der Waals surface area contributed by atoms with Gasteiger partial charge in [0.1, 0.15) is 17.7 Å². The molecule has 2 fully saturated rings.